The third-order valence-electron chi connectivity index (χ3n) is 2.82. The smallest absolute Gasteiger partial charge is 0.178 e. The molecule has 1 N–H and O–H groups in total. The van der Waals surface area contributed by atoms with Gasteiger partial charge in [-0.1, -0.05) is 28.1 Å². The summed E-state index contributed by atoms with van der Waals surface area (Å²) < 4.78 is 23.6. The van der Waals surface area contributed by atoms with E-state index in [0.29, 0.717) is 4.90 Å². The molecule has 2 rings (SSSR count). The monoisotopic (exact) mass is 303 g/mol. The first-order valence-electron chi connectivity index (χ1n) is 5.21. The maximum Gasteiger partial charge on any atom is 0.178 e. The lowest BCUT2D eigenvalue weighted by Gasteiger charge is -2.18. The highest BCUT2D eigenvalue weighted by molar-refractivity contribution is 9.09. The lowest BCUT2D eigenvalue weighted by molar-refractivity contribution is 0.586. The van der Waals surface area contributed by atoms with Gasteiger partial charge in [-0.25, -0.2) is 8.42 Å². The molecule has 1 aliphatic rings. The lowest BCUT2D eigenvalue weighted by Crippen LogP contribution is -2.17. The Bertz CT molecular complexity index is 499. The van der Waals surface area contributed by atoms with Crippen molar-refractivity contribution in [1.82, 2.24) is 5.32 Å². The summed E-state index contributed by atoms with van der Waals surface area (Å²) in [6.45, 7) is 0. The molecule has 0 saturated carbocycles. The average molecular weight is 304 g/mol. The van der Waals surface area contributed by atoms with Crippen molar-refractivity contribution in [3.63, 3.8) is 0 Å². The number of halogens is 1. The van der Waals surface area contributed by atoms with Gasteiger partial charge < -0.3 is 5.32 Å². The fourth-order valence-corrected chi connectivity index (χ4v) is 3.85. The van der Waals surface area contributed by atoms with Crippen molar-refractivity contribution in [3.05, 3.63) is 29.3 Å². The largest absolute Gasteiger partial charge is 0.304 e. The van der Waals surface area contributed by atoms with Crippen LogP contribution < -0.4 is 5.32 Å². The lowest BCUT2D eigenvalue weighted by atomic mass is 10.1. The molecule has 1 unspecified atom stereocenters. The van der Waals surface area contributed by atoms with E-state index in [-0.39, 0.29) is 10.7 Å². The zero-order valence-electron chi connectivity index (χ0n) is 9.03. The highest BCUT2D eigenvalue weighted by Gasteiger charge is 2.23. The Morgan fingerprint density at radius 3 is 2.88 bits per heavy atom. The number of hydrogen-bond donors (Lipinski definition) is 1. The molecule has 1 heterocycles. The fraction of sp³-hybridized carbons (Fsp3) is 0.455. The molecule has 5 heteroatoms. The number of alkyl halides is 1. The molecular weight excluding hydrogens is 290 g/mol. The van der Waals surface area contributed by atoms with Crippen molar-refractivity contribution >= 4 is 25.8 Å². The summed E-state index contributed by atoms with van der Waals surface area (Å²) in [7, 11) is -1.17. The van der Waals surface area contributed by atoms with Crippen molar-refractivity contribution in [2.24, 2.45) is 0 Å². The second-order valence-corrected chi connectivity index (χ2v) is 6.93. The van der Waals surface area contributed by atoms with Gasteiger partial charge >= 0.3 is 0 Å². The highest BCUT2D eigenvalue weighted by Crippen LogP contribution is 2.29. The van der Waals surface area contributed by atoms with E-state index in [2.05, 4.69) is 21.2 Å². The molecule has 3 nitrogen and oxygen atoms in total. The maximum atomic E-state index is 11.8. The first-order chi connectivity index (χ1) is 7.54. The van der Waals surface area contributed by atoms with E-state index >= 15 is 0 Å². The van der Waals surface area contributed by atoms with Crippen molar-refractivity contribution < 1.29 is 8.42 Å². The molecule has 0 spiro atoms. The highest BCUT2D eigenvalue weighted by atomic mass is 79.9. The van der Waals surface area contributed by atoms with Gasteiger partial charge in [0.15, 0.2) is 9.84 Å². The van der Waals surface area contributed by atoms with Crippen molar-refractivity contribution in [2.75, 3.05) is 12.8 Å². The Kier molecular flexibility index (Phi) is 3.37. The molecule has 1 atom stereocenters. The summed E-state index contributed by atoms with van der Waals surface area (Å²) in [6.07, 6.45) is 1.58. The number of rotatable bonds is 2. The molecule has 0 aliphatic carbocycles. The molecule has 0 radical (unpaired) electrons. The Morgan fingerprint density at radius 2 is 2.19 bits per heavy atom. The van der Waals surface area contributed by atoms with Crippen LogP contribution >= 0.6 is 15.9 Å². The van der Waals surface area contributed by atoms with Crippen LogP contribution in [-0.2, 0) is 16.3 Å². The predicted molar refractivity (Wildman–Crippen MR) is 67.5 cm³/mol. The number of aryl methyl sites for hydroxylation is 1. The van der Waals surface area contributed by atoms with E-state index in [0.717, 1.165) is 24.0 Å². The molecular formula is C11H14BrNO2S. The van der Waals surface area contributed by atoms with Crippen molar-refractivity contribution in [3.8, 4) is 0 Å². The predicted octanol–water partition coefficient (Wildman–Crippen LogP) is 2.02. The van der Waals surface area contributed by atoms with Gasteiger partial charge in [-0.15, -0.1) is 0 Å². The van der Waals surface area contributed by atoms with Gasteiger partial charge in [0.05, 0.1) is 15.6 Å². The Morgan fingerprint density at radius 1 is 1.44 bits per heavy atom. The SMILES string of the molecule is CNC(Br)c1ccc2c(c1)CCCS2(=O)=O. The molecule has 1 aromatic rings. The van der Waals surface area contributed by atoms with E-state index in [4.69, 9.17) is 0 Å². The Balaban J connectivity index is 2.48. The van der Waals surface area contributed by atoms with E-state index in [9.17, 15) is 8.42 Å². The zero-order chi connectivity index (χ0) is 11.8. The van der Waals surface area contributed by atoms with Gasteiger partial charge in [0.2, 0.25) is 0 Å². The molecule has 88 valence electrons. The molecule has 0 amide bonds. The van der Waals surface area contributed by atoms with Gasteiger partial charge in [-0.05, 0) is 37.1 Å². The first-order valence-corrected chi connectivity index (χ1v) is 7.78. The van der Waals surface area contributed by atoms with Crippen LogP contribution in [0.1, 0.15) is 22.5 Å². The molecule has 0 aromatic heterocycles. The number of sulfone groups is 1. The van der Waals surface area contributed by atoms with Crippen LogP contribution in [0.5, 0.6) is 0 Å². The van der Waals surface area contributed by atoms with Gasteiger partial charge in [-0.2, -0.15) is 0 Å². The van der Waals surface area contributed by atoms with Gasteiger partial charge in [-0.3, -0.25) is 0 Å². The molecule has 1 aliphatic heterocycles. The van der Waals surface area contributed by atoms with Gasteiger partial charge in [0.25, 0.3) is 0 Å². The van der Waals surface area contributed by atoms with E-state index in [1.807, 2.05) is 19.2 Å². The topological polar surface area (TPSA) is 46.2 Å². The zero-order valence-corrected chi connectivity index (χ0v) is 11.4. The average Bonchev–Trinajstić information content (AvgIpc) is 2.27. The van der Waals surface area contributed by atoms with E-state index < -0.39 is 9.84 Å². The normalized spacial score (nSPS) is 20.1. The summed E-state index contributed by atoms with van der Waals surface area (Å²) in [5, 5.41) is 3.08. The summed E-state index contributed by atoms with van der Waals surface area (Å²) in [6, 6.07) is 5.56. The van der Waals surface area contributed by atoms with Gasteiger partial charge in [0.1, 0.15) is 0 Å². The number of hydrogen-bond acceptors (Lipinski definition) is 3. The Labute approximate surface area is 104 Å². The molecule has 0 fully saturated rings. The van der Waals surface area contributed by atoms with Crippen molar-refractivity contribution in [1.29, 1.82) is 0 Å². The number of benzene rings is 1. The first kappa shape index (κ1) is 12.1. The van der Waals surface area contributed by atoms with E-state index in [1.165, 1.54) is 0 Å². The summed E-state index contributed by atoms with van der Waals surface area (Å²) >= 11 is 3.48. The van der Waals surface area contributed by atoms with Crippen LogP contribution in [0, 0.1) is 0 Å². The maximum absolute atomic E-state index is 11.8. The standard InChI is InChI=1S/C11H14BrNO2S/c1-13-11(12)9-4-5-10-8(7-9)3-2-6-16(10,14)15/h4-5,7,11,13H,2-3,6H2,1H3. The second-order valence-electron chi connectivity index (χ2n) is 3.94. The van der Waals surface area contributed by atoms with Gasteiger partial charge in [0, 0.05) is 0 Å². The van der Waals surface area contributed by atoms with Crippen LogP contribution in [0.25, 0.3) is 0 Å². The van der Waals surface area contributed by atoms with Crippen molar-refractivity contribution in [2.45, 2.75) is 22.7 Å². The molecule has 1 aromatic carbocycles. The minimum absolute atomic E-state index is 0.0717. The third-order valence-corrected chi connectivity index (χ3v) is 5.71. The van der Waals surface area contributed by atoms with Crippen LogP contribution in [0.3, 0.4) is 0 Å². The number of fused-ring (bicyclic) bond motifs is 1. The fourth-order valence-electron chi connectivity index (χ4n) is 1.99. The van der Waals surface area contributed by atoms with Crippen LogP contribution in [-0.4, -0.2) is 21.2 Å². The third kappa shape index (κ3) is 2.17. The molecule has 0 saturated heterocycles. The quantitative estimate of drug-likeness (QED) is 0.671. The number of nitrogens with one attached hydrogen (secondary N) is 1. The minimum Gasteiger partial charge on any atom is -0.304 e. The summed E-state index contributed by atoms with van der Waals surface area (Å²) in [5.74, 6) is 0.281. The second kappa shape index (κ2) is 4.47. The van der Waals surface area contributed by atoms with Crippen LogP contribution in [0.15, 0.2) is 23.1 Å². The summed E-state index contributed by atoms with van der Waals surface area (Å²) in [4.78, 5) is 0.584. The molecule has 0 bridgehead atoms. The Hall–Kier alpha value is -0.390. The summed E-state index contributed by atoms with van der Waals surface area (Å²) in [5.41, 5.74) is 2.02. The van der Waals surface area contributed by atoms with Crippen LogP contribution in [0.4, 0.5) is 0 Å². The van der Waals surface area contributed by atoms with E-state index in [1.54, 1.807) is 6.07 Å². The van der Waals surface area contributed by atoms with Crippen LogP contribution in [0.2, 0.25) is 0 Å². The minimum atomic E-state index is -3.03. The molecule has 16 heavy (non-hydrogen) atoms.